The van der Waals surface area contributed by atoms with Gasteiger partial charge in [0, 0.05) is 102 Å². The van der Waals surface area contributed by atoms with Gasteiger partial charge >= 0.3 is 7.12 Å². The molecule has 7 aliphatic rings. The molecule has 5 heterocycles. The van der Waals surface area contributed by atoms with Crippen molar-refractivity contribution >= 4 is 63.4 Å². The zero-order valence-corrected chi connectivity index (χ0v) is 37.5. The molecular weight excluding hydrogens is 815 g/mol. The molecule has 4 aliphatic carbocycles. The minimum atomic E-state index is -0.428. The second-order valence-corrected chi connectivity index (χ2v) is 20.2. The molecule has 5 fully saturated rings. The van der Waals surface area contributed by atoms with Gasteiger partial charge in [0.25, 0.3) is 11.1 Å². The number of nitrogen functional groups attached to an aromatic ring is 2. The van der Waals surface area contributed by atoms with E-state index in [9.17, 15) is 9.59 Å². The number of halogens is 1. The molecule has 4 aromatic rings. The van der Waals surface area contributed by atoms with Crippen molar-refractivity contribution < 1.29 is 9.31 Å². The standard InChI is InChI=1S/C21H23N3O.C15H20BNO3.C12H15BrN2/c1-23-12-18(15-3-2-4-16(15)20(23)25)17-11-14(22)5-6-19(17)24-10-9-21(13-24)7-8-21;1-14(2)15(3,4)20-16(19-14)12-9-17(5)13(18)11-8-6-7-10(11)12;13-10-7-9(14)1-2-11(10)15-6-5-12(8-15)3-4-12/h2-3,5-6,11-12H,4,7-10,13,22H2,1H3;6-7,9H,8H2,1-5H3;1-2,7H,3-6,8,14H2. The van der Waals surface area contributed by atoms with E-state index in [2.05, 4.69) is 56.1 Å². The molecule has 0 bridgehead atoms. The van der Waals surface area contributed by atoms with E-state index in [1.807, 2.05) is 77.5 Å². The molecule has 2 aromatic carbocycles. The summed E-state index contributed by atoms with van der Waals surface area (Å²) in [5, 5.41) is 0. The monoisotopic (exact) mass is 872 g/mol. The van der Waals surface area contributed by atoms with E-state index in [0.717, 1.165) is 74.2 Å². The Kier molecular flexibility index (Phi) is 10.1. The van der Waals surface area contributed by atoms with Gasteiger partial charge in [0.1, 0.15) is 0 Å². The van der Waals surface area contributed by atoms with Crippen LogP contribution in [-0.2, 0) is 36.2 Å². The Bertz CT molecular complexity index is 2550. The molecule has 10 nitrogen and oxygen atoms in total. The molecule has 0 radical (unpaired) electrons. The number of fused-ring (bicyclic) bond motifs is 2. The molecule has 60 heavy (non-hydrogen) atoms. The number of pyridine rings is 2. The predicted octanol–water partition coefficient (Wildman–Crippen LogP) is 7.47. The summed E-state index contributed by atoms with van der Waals surface area (Å²) in [6.45, 7) is 12.8. The lowest BCUT2D eigenvalue weighted by Gasteiger charge is -2.32. The SMILES string of the molecule is Cn1cc(-c2cc(N)ccc2N2CCC3(CC3)C2)c2c(c1=O)CC=C2.Cn1cc(B2OC(C)(C)C(C)(C)O2)c2c(c1=O)CC=C2.Nc1ccc(N2CCC3(CC3)C2)c(Br)c1. The van der Waals surface area contributed by atoms with E-state index in [-0.39, 0.29) is 22.3 Å². The fourth-order valence-corrected chi connectivity index (χ4v) is 10.3. The first kappa shape index (κ1) is 40.9. The van der Waals surface area contributed by atoms with Crippen molar-refractivity contribution in [3.8, 4) is 11.1 Å². The quantitative estimate of drug-likeness (QED) is 0.160. The first-order chi connectivity index (χ1) is 28.5. The summed E-state index contributed by atoms with van der Waals surface area (Å²) in [5.41, 5.74) is 23.7. The highest BCUT2D eigenvalue weighted by molar-refractivity contribution is 9.10. The lowest BCUT2D eigenvalue weighted by Crippen LogP contribution is -2.41. The summed E-state index contributed by atoms with van der Waals surface area (Å²) in [7, 11) is 3.18. The van der Waals surface area contributed by atoms with Gasteiger partial charge < -0.3 is 39.7 Å². The largest absolute Gasteiger partial charge is 0.496 e. The first-order valence-corrected chi connectivity index (χ1v) is 22.4. The highest BCUT2D eigenvalue weighted by atomic mass is 79.9. The second kappa shape index (κ2) is 14.8. The van der Waals surface area contributed by atoms with E-state index >= 15 is 0 Å². The van der Waals surface area contributed by atoms with E-state index in [0.29, 0.717) is 17.3 Å². The summed E-state index contributed by atoms with van der Waals surface area (Å²) in [4.78, 5) is 29.6. The molecule has 11 rings (SSSR count). The fraction of sp³-hybridized carbons (Fsp3) is 0.458. The fourth-order valence-electron chi connectivity index (χ4n) is 9.67. The third-order valence-electron chi connectivity index (χ3n) is 14.5. The average molecular weight is 874 g/mol. The number of rotatable bonds is 4. The van der Waals surface area contributed by atoms with Gasteiger partial charge in [0.2, 0.25) is 0 Å². The lowest BCUT2D eigenvalue weighted by atomic mass is 9.76. The van der Waals surface area contributed by atoms with Crippen molar-refractivity contribution in [3.05, 3.63) is 108 Å². The molecular formula is C48H58BBrN6O4. The van der Waals surface area contributed by atoms with Crippen molar-refractivity contribution in [2.24, 2.45) is 24.9 Å². The van der Waals surface area contributed by atoms with Crippen LogP contribution in [0.25, 0.3) is 23.3 Å². The molecule has 2 aromatic heterocycles. The number of nitrogens with zero attached hydrogens (tertiary/aromatic N) is 4. The van der Waals surface area contributed by atoms with Gasteiger partial charge in [-0.25, -0.2) is 0 Å². The minimum absolute atomic E-state index is 0.0604. The molecule has 314 valence electrons. The molecule has 4 N–H and O–H groups in total. The van der Waals surface area contributed by atoms with Crippen molar-refractivity contribution in [1.82, 2.24) is 9.13 Å². The van der Waals surface area contributed by atoms with Crippen LogP contribution in [0.5, 0.6) is 0 Å². The Balaban J connectivity index is 0.000000119. The summed E-state index contributed by atoms with van der Waals surface area (Å²) < 4.78 is 16.6. The Morgan fingerprint density at radius 2 is 1.15 bits per heavy atom. The third-order valence-corrected chi connectivity index (χ3v) is 15.2. The molecule has 12 heteroatoms. The van der Waals surface area contributed by atoms with Gasteiger partial charge in [-0.2, -0.15) is 0 Å². The number of nitrogens with two attached hydrogens (primary N) is 2. The average Bonchev–Trinajstić information content (AvgIpc) is 3.67. The number of hydrogen-bond acceptors (Lipinski definition) is 8. The molecule has 3 saturated heterocycles. The zero-order chi connectivity index (χ0) is 42.4. The van der Waals surface area contributed by atoms with Crippen LogP contribution in [0.1, 0.15) is 88.5 Å². The Labute approximate surface area is 362 Å². The number of hydrogen-bond donors (Lipinski definition) is 2. The zero-order valence-electron chi connectivity index (χ0n) is 35.9. The van der Waals surface area contributed by atoms with Crippen LogP contribution in [0.3, 0.4) is 0 Å². The van der Waals surface area contributed by atoms with Gasteiger partial charge in [-0.15, -0.1) is 0 Å². The molecule has 2 saturated carbocycles. The number of benzene rings is 2. The Hall–Kier alpha value is -4.52. The van der Waals surface area contributed by atoms with Crippen molar-refractivity contribution in [2.75, 3.05) is 47.4 Å². The molecule has 0 amide bonds. The van der Waals surface area contributed by atoms with Crippen LogP contribution >= 0.6 is 15.9 Å². The Morgan fingerprint density at radius 1 is 0.650 bits per heavy atom. The second-order valence-electron chi connectivity index (χ2n) is 19.4. The first-order valence-electron chi connectivity index (χ1n) is 21.6. The molecule has 2 spiro atoms. The van der Waals surface area contributed by atoms with Gasteiger partial charge in [-0.1, -0.05) is 24.3 Å². The highest BCUT2D eigenvalue weighted by Gasteiger charge is 2.53. The highest BCUT2D eigenvalue weighted by Crippen LogP contribution is 2.55. The normalized spacial score (nSPS) is 21.2. The number of allylic oxidation sites excluding steroid dienone is 2. The van der Waals surface area contributed by atoms with Gasteiger partial charge in [0.15, 0.2) is 0 Å². The van der Waals surface area contributed by atoms with Crippen molar-refractivity contribution in [2.45, 2.75) is 90.3 Å². The van der Waals surface area contributed by atoms with Crippen LogP contribution in [0.4, 0.5) is 22.7 Å². The molecule has 3 aliphatic heterocycles. The van der Waals surface area contributed by atoms with Crippen LogP contribution in [-0.4, -0.2) is 53.6 Å². The van der Waals surface area contributed by atoms with Crippen LogP contribution in [0.15, 0.2) is 75.0 Å². The molecule has 0 unspecified atom stereocenters. The summed E-state index contributed by atoms with van der Waals surface area (Å²) in [5.74, 6) is 0. The summed E-state index contributed by atoms with van der Waals surface area (Å²) >= 11 is 3.59. The number of aryl methyl sites for hydroxylation is 2. The maximum Gasteiger partial charge on any atom is 0.496 e. The van der Waals surface area contributed by atoms with Crippen molar-refractivity contribution in [3.63, 3.8) is 0 Å². The van der Waals surface area contributed by atoms with Crippen molar-refractivity contribution in [1.29, 1.82) is 0 Å². The maximum absolute atomic E-state index is 12.4. The predicted molar refractivity (Wildman–Crippen MR) is 250 cm³/mol. The van der Waals surface area contributed by atoms with Gasteiger partial charge in [0.05, 0.1) is 16.9 Å². The summed E-state index contributed by atoms with van der Waals surface area (Å²) in [6.07, 6.45) is 21.6. The number of anilines is 4. The summed E-state index contributed by atoms with van der Waals surface area (Å²) in [6, 6.07) is 12.3. The third kappa shape index (κ3) is 7.47. The number of aromatic nitrogens is 2. The smallest absolute Gasteiger partial charge is 0.399 e. The molecule has 0 atom stereocenters. The Morgan fingerprint density at radius 3 is 1.70 bits per heavy atom. The maximum atomic E-state index is 12.4. The van der Waals surface area contributed by atoms with Crippen LogP contribution in [0, 0.1) is 10.8 Å². The van der Waals surface area contributed by atoms with Gasteiger partial charge in [-0.3, -0.25) is 9.59 Å². The van der Waals surface area contributed by atoms with E-state index in [1.54, 1.807) is 16.2 Å². The van der Waals surface area contributed by atoms with E-state index in [4.69, 9.17) is 20.8 Å². The van der Waals surface area contributed by atoms with E-state index in [1.165, 1.54) is 63.0 Å². The minimum Gasteiger partial charge on any atom is -0.399 e. The topological polar surface area (TPSA) is 121 Å². The van der Waals surface area contributed by atoms with Gasteiger partial charge in [-0.05, 0) is 153 Å². The van der Waals surface area contributed by atoms with Crippen LogP contribution < -0.4 is 37.8 Å². The van der Waals surface area contributed by atoms with E-state index < -0.39 is 7.12 Å². The van der Waals surface area contributed by atoms with Crippen LogP contribution in [0.2, 0.25) is 0 Å². The lowest BCUT2D eigenvalue weighted by molar-refractivity contribution is 0.00578.